The second-order valence-electron chi connectivity index (χ2n) is 10.5. The first-order valence-electron chi connectivity index (χ1n) is 11.8. The standard InChI is InChI=1S/C26H30IN4O2PS/c1-13-8-14(2)29-21(20(13)30-16-10-26(27,34)11-16)18-6-7-28-19-9-17(35-22(18)19)12-31-23(32)15(3)25(4,5)24(31)33/h6-9,15-16,30H,10-12,34H2,1-5H3. The molecule has 2 fully saturated rings. The molecule has 2 amide bonds. The number of imide groups is 1. The van der Waals surface area contributed by atoms with E-state index >= 15 is 0 Å². The predicted molar refractivity (Wildman–Crippen MR) is 154 cm³/mol. The second kappa shape index (κ2) is 8.73. The Balaban J connectivity index is 1.52. The molecule has 184 valence electrons. The van der Waals surface area contributed by atoms with Crippen LogP contribution < -0.4 is 5.32 Å². The summed E-state index contributed by atoms with van der Waals surface area (Å²) in [6, 6.07) is 6.56. The molecule has 1 aliphatic carbocycles. The Morgan fingerprint density at radius 3 is 2.60 bits per heavy atom. The minimum atomic E-state index is -0.672. The molecule has 3 aromatic heterocycles. The van der Waals surface area contributed by atoms with Gasteiger partial charge >= 0.3 is 0 Å². The quantitative estimate of drug-likeness (QED) is 0.162. The van der Waals surface area contributed by atoms with Gasteiger partial charge in [0.25, 0.3) is 0 Å². The number of aromatic nitrogens is 2. The van der Waals surface area contributed by atoms with Crippen molar-refractivity contribution >= 4 is 70.9 Å². The van der Waals surface area contributed by atoms with E-state index in [0.29, 0.717) is 6.04 Å². The van der Waals surface area contributed by atoms with Gasteiger partial charge in [0.15, 0.2) is 0 Å². The number of fused-ring (bicyclic) bond motifs is 1. The number of hydrogen-bond acceptors (Lipinski definition) is 6. The summed E-state index contributed by atoms with van der Waals surface area (Å²) >= 11 is 4.10. The summed E-state index contributed by atoms with van der Waals surface area (Å²) in [6.45, 7) is 9.98. The van der Waals surface area contributed by atoms with E-state index in [1.54, 1.807) is 11.3 Å². The van der Waals surface area contributed by atoms with Gasteiger partial charge < -0.3 is 5.32 Å². The molecule has 1 aliphatic heterocycles. The summed E-state index contributed by atoms with van der Waals surface area (Å²) in [5, 5.41) is 3.76. The van der Waals surface area contributed by atoms with E-state index in [4.69, 9.17) is 4.98 Å². The van der Waals surface area contributed by atoms with E-state index in [1.165, 1.54) is 10.5 Å². The van der Waals surface area contributed by atoms with E-state index in [1.807, 2.05) is 46.0 Å². The number of thiophene rings is 1. The highest BCUT2D eigenvalue weighted by Gasteiger charge is 2.51. The number of carbonyl (C=O) groups is 2. The smallest absolute Gasteiger partial charge is 0.235 e. The van der Waals surface area contributed by atoms with Gasteiger partial charge in [0.2, 0.25) is 11.8 Å². The van der Waals surface area contributed by atoms with Crippen LogP contribution in [0.3, 0.4) is 0 Å². The number of nitrogens with one attached hydrogen (secondary N) is 1. The molecule has 0 bridgehead atoms. The number of alkyl halides is 1. The molecule has 1 saturated carbocycles. The third-order valence-electron chi connectivity index (χ3n) is 7.41. The minimum Gasteiger partial charge on any atom is -0.380 e. The maximum absolute atomic E-state index is 12.9. The van der Waals surface area contributed by atoms with Crippen LogP contribution >= 0.6 is 43.2 Å². The van der Waals surface area contributed by atoms with Crippen LogP contribution in [0.15, 0.2) is 24.4 Å². The molecule has 6 nitrogen and oxygen atoms in total. The van der Waals surface area contributed by atoms with Crippen LogP contribution in [-0.4, -0.2) is 35.9 Å². The molecule has 1 saturated heterocycles. The number of aryl methyl sites for hydroxylation is 2. The van der Waals surface area contributed by atoms with Crippen molar-refractivity contribution < 1.29 is 9.59 Å². The highest BCUT2D eigenvalue weighted by molar-refractivity contribution is 14.1. The summed E-state index contributed by atoms with van der Waals surface area (Å²) < 4.78 is 1.29. The normalized spacial score (nSPS) is 25.9. The molecule has 9 heteroatoms. The maximum Gasteiger partial charge on any atom is 0.235 e. The lowest BCUT2D eigenvalue weighted by Crippen LogP contribution is -2.42. The van der Waals surface area contributed by atoms with Gasteiger partial charge in [0, 0.05) is 37.5 Å². The number of halogens is 1. The highest BCUT2D eigenvalue weighted by Crippen LogP contribution is 2.48. The van der Waals surface area contributed by atoms with Crippen LogP contribution in [0.4, 0.5) is 5.69 Å². The first-order valence-corrected chi connectivity index (χ1v) is 14.3. The average molecular weight is 620 g/mol. The van der Waals surface area contributed by atoms with Gasteiger partial charge in [0.05, 0.1) is 33.6 Å². The molecule has 35 heavy (non-hydrogen) atoms. The van der Waals surface area contributed by atoms with Gasteiger partial charge in [-0.05, 0) is 50.5 Å². The Kier molecular flexibility index (Phi) is 6.25. The lowest BCUT2D eigenvalue weighted by atomic mass is 9.82. The van der Waals surface area contributed by atoms with Gasteiger partial charge in [0.1, 0.15) is 0 Å². The number of amides is 2. The van der Waals surface area contributed by atoms with Crippen LogP contribution in [0, 0.1) is 25.2 Å². The lowest BCUT2D eigenvalue weighted by Gasteiger charge is -2.42. The fourth-order valence-electron chi connectivity index (χ4n) is 5.01. The van der Waals surface area contributed by atoms with Gasteiger partial charge in [-0.25, -0.2) is 0 Å². The molecule has 2 unspecified atom stereocenters. The van der Waals surface area contributed by atoms with Crippen molar-refractivity contribution in [1.82, 2.24) is 14.9 Å². The molecule has 2 aliphatic rings. The van der Waals surface area contributed by atoms with Gasteiger partial charge in [-0.1, -0.05) is 43.4 Å². The van der Waals surface area contributed by atoms with E-state index in [2.05, 4.69) is 55.1 Å². The van der Waals surface area contributed by atoms with E-state index in [0.717, 1.165) is 50.6 Å². The Bertz CT molecular complexity index is 1360. The van der Waals surface area contributed by atoms with Crippen molar-refractivity contribution in [3.8, 4) is 11.3 Å². The van der Waals surface area contributed by atoms with Crippen LogP contribution in [-0.2, 0) is 16.1 Å². The zero-order valence-electron chi connectivity index (χ0n) is 20.6. The molecule has 0 radical (unpaired) electrons. The third kappa shape index (κ3) is 4.40. The summed E-state index contributed by atoms with van der Waals surface area (Å²) in [6.07, 6.45) is 4.00. The van der Waals surface area contributed by atoms with Crippen molar-refractivity contribution in [2.24, 2.45) is 11.3 Å². The van der Waals surface area contributed by atoms with Crippen molar-refractivity contribution in [2.75, 3.05) is 5.32 Å². The Morgan fingerprint density at radius 2 is 1.97 bits per heavy atom. The molecular formula is C26H30IN4O2PS. The molecular weight excluding hydrogens is 590 g/mol. The van der Waals surface area contributed by atoms with Crippen molar-refractivity contribution in [1.29, 1.82) is 0 Å². The summed E-state index contributed by atoms with van der Waals surface area (Å²) in [7, 11) is 2.95. The zero-order chi connectivity index (χ0) is 25.3. The third-order valence-corrected chi connectivity index (χ3v) is 9.91. The van der Waals surface area contributed by atoms with Gasteiger partial charge in [-0.15, -0.1) is 20.6 Å². The monoisotopic (exact) mass is 620 g/mol. The topological polar surface area (TPSA) is 75.2 Å². The molecule has 3 aromatic rings. The summed E-state index contributed by atoms with van der Waals surface area (Å²) in [5.41, 5.74) is 5.36. The summed E-state index contributed by atoms with van der Waals surface area (Å²) in [5.74, 6) is -0.529. The van der Waals surface area contributed by atoms with Crippen LogP contribution in [0.2, 0.25) is 0 Å². The van der Waals surface area contributed by atoms with Crippen molar-refractivity contribution in [2.45, 2.75) is 63.2 Å². The van der Waals surface area contributed by atoms with E-state index < -0.39 is 5.41 Å². The van der Waals surface area contributed by atoms with E-state index in [9.17, 15) is 9.59 Å². The molecule has 0 spiro atoms. The van der Waals surface area contributed by atoms with Crippen LogP contribution in [0.25, 0.3) is 21.5 Å². The first kappa shape index (κ1) is 25.0. The lowest BCUT2D eigenvalue weighted by molar-refractivity contribution is -0.141. The average Bonchev–Trinajstić information content (AvgIpc) is 3.23. The zero-order valence-corrected chi connectivity index (χ0v) is 24.7. The van der Waals surface area contributed by atoms with Crippen LogP contribution in [0.5, 0.6) is 0 Å². The number of pyridine rings is 2. The maximum atomic E-state index is 12.9. The Hall–Kier alpha value is -1.64. The second-order valence-corrected chi connectivity index (χ2v) is 16.1. The van der Waals surface area contributed by atoms with Crippen molar-refractivity contribution in [3.05, 3.63) is 40.5 Å². The Labute approximate surface area is 226 Å². The predicted octanol–water partition coefficient (Wildman–Crippen LogP) is 6.09. The number of rotatable bonds is 5. The molecule has 2 atom stereocenters. The largest absolute Gasteiger partial charge is 0.380 e. The molecule has 0 aromatic carbocycles. The number of hydrogen-bond donors (Lipinski definition) is 1. The summed E-state index contributed by atoms with van der Waals surface area (Å²) in [4.78, 5) is 37.7. The molecule has 1 N–H and O–H groups in total. The van der Waals surface area contributed by atoms with E-state index in [-0.39, 0.29) is 27.4 Å². The van der Waals surface area contributed by atoms with Crippen molar-refractivity contribution in [3.63, 3.8) is 0 Å². The number of likely N-dealkylation sites (tertiary alicyclic amines) is 1. The molecule has 5 rings (SSSR count). The number of anilines is 1. The van der Waals surface area contributed by atoms with Gasteiger partial charge in [-0.2, -0.15) is 0 Å². The van der Waals surface area contributed by atoms with Crippen LogP contribution in [0.1, 0.15) is 49.7 Å². The molecule has 4 heterocycles. The Morgan fingerprint density at radius 1 is 1.26 bits per heavy atom. The fraction of sp³-hybridized carbons (Fsp3) is 0.462. The SMILES string of the molecule is Cc1cc(C)c(NC2CC(P)(I)C2)c(-c2ccnc3cc(CN4C(=O)C(C)C(C)(C)C4=O)sc23)n1. The highest BCUT2D eigenvalue weighted by atomic mass is 127. The van der Waals surface area contributed by atoms with Gasteiger partial charge in [-0.3, -0.25) is 24.5 Å². The fourth-order valence-corrected chi connectivity index (χ4v) is 7.76. The number of carbonyl (C=O) groups excluding carboxylic acids is 2. The first-order chi connectivity index (χ1) is 16.4. The number of nitrogens with zero attached hydrogens (tertiary/aromatic N) is 3. The minimum absolute atomic E-state index is 0.103.